The number of hydrogen-bond donors (Lipinski definition) is 0. The van der Waals surface area contributed by atoms with Gasteiger partial charge in [-0.15, -0.1) is 5.10 Å². The van der Waals surface area contributed by atoms with Crippen LogP contribution in [0.5, 0.6) is 11.5 Å². The fourth-order valence-corrected chi connectivity index (χ4v) is 3.61. The lowest BCUT2D eigenvalue weighted by atomic mass is 10.0. The van der Waals surface area contributed by atoms with Crippen molar-refractivity contribution in [3.8, 4) is 23.1 Å². The first kappa shape index (κ1) is 20.8. The van der Waals surface area contributed by atoms with Crippen molar-refractivity contribution >= 4 is 5.91 Å². The highest BCUT2D eigenvalue weighted by atomic mass is 16.5. The van der Waals surface area contributed by atoms with Crippen LogP contribution in [0.2, 0.25) is 0 Å². The van der Waals surface area contributed by atoms with E-state index in [-0.39, 0.29) is 17.9 Å². The molecule has 0 aliphatic carbocycles. The van der Waals surface area contributed by atoms with Crippen molar-refractivity contribution in [3.63, 3.8) is 0 Å². The Morgan fingerprint density at radius 1 is 1.19 bits per heavy atom. The van der Waals surface area contributed by atoms with Gasteiger partial charge in [-0.1, -0.05) is 24.2 Å². The Kier molecular flexibility index (Phi) is 5.88. The highest BCUT2D eigenvalue weighted by Gasteiger charge is 2.27. The third-order valence-corrected chi connectivity index (χ3v) is 5.45. The van der Waals surface area contributed by atoms with Crippen LogP contribution in [-0.2, 0) is 0 Å². The van der Waals surface area contributed by atoms with Crippen LogP contribution >= 0.6 is 0 Å². The van der Waals surface area contributed by atoms with Gasteiger partial charge in [0.25, 0.3) is 11.8 Å². The van der Waals surface area contributed by atoms with Crippen molar-refractivity contribution < 1.29 is 18.8 Å². The van der Waals surface area contributed by atoms with E-state index < -0.39 is 0 Å². The minimum atomic E-state index is -0.0516. The Balaban J connectivity index is 1.41. The second-order valence-electron chi connectivity index (χ2n) is 7.79. The molecule has 0 N–H and O–H groups in total. The number of likely N-dealkylation sites (tertiary alicyclic amines) is 1. The number of rotatable bonds is 6. The van der Waals surface area contributed by atoms with Crippen molar-refractivity contribution in [1.82, 2.24) is 30.0 Å². The zero-order valence-electron chi connectivity index (χ0n) is 18.1. The van der Waals surface area contributed by atoms with Crippen LogP contribution in [0.15, 0.2) is 28.9 Å². The van der Waals surface area contributed by atoms with Crippen molar-refractivity contribution in [1.29, 1.82) is 0 Å². The lowest BCUT2D eigenvalue weighted by Crippen LogP contribution is -2.39. The second-order valence-corrected chi connectivity index (χ2v) is 7.79. The number of nitrogens with zero attached hydrogens (tertiary/aromatic N) is 6. The number of amides is 1. The lowest BCUT2D eigenvalue weighted by molar-refractivity contribution is 0.0686. The van der Waals surface area contributed by atoms with E-state index in [1.165, 1.54) is 0 Å². The summed E-state index contributed by atoms with van der Waals surface area (Å²) >= 11 is 0. The molecule has 0 unspecified atom stereocenters. The van der Waals surface area contributed by atoms with Crippen LogP contribution in [0.3, 0.4) is 0 Å². The molecule has 1 amide bonds. The molecule has 0 atom stereocenters. The second kappa shape index (κ2) is 8.75. The summed E-state index contributed by atoms with van der Waals surface area (Å²) in [4.78, 5) is 19.2. The number of carbonyl (C=O) groups excluding carboxylic acids is 1. The largest absolute Gasteiger partial charge is 0.497 e. The first-order valence-corrected chi connectivity index (χ1v) is 10.3. The standard InChI is InChI=1S/C21H26N6O4/c1-13(2)19-22-20(31-24-19)17-12-27(25-23-17)14-7-9-26(10-8-14)21(28)16-6-5-15(29-3)11-18(16)30-4/h5-6,11-14H,7-10H2,1-4H3. The monoisotopic (exact) mass is 426 g/mol. The molecule has 0 radical (unpaired) electrons. The zero-order chi connectivity index (χ0) is 22.0. The number of ether oxygens (including phenoxy) is 2. The van der Waals surface area contributed by atoms with Gasteiger partial charge in [-0.25, -0.2) is 4.68 Å². The number of methoxy groups -OCH3 is 2. The van der Waals surface area contributed by atoms with E-state index in [4.69, 9.17) is 14.0 Å². The van der Waals surface area contributed by atoms with E-state index in [1.807, 2.05) is 29.6 Å². The average molecular weight is 426 g/mol. The Hall–Kier alpha value is -3.43. The Morgan fingerprint density at radius 2 is 1.97 bits per heavy atom. The minimum absolute atomic E-state index is 0.0516. The average Bonchev–Trinajstić information content (AvgIpc) is 3.48. The molecule has 164 valence electrons. The van der Waals surface area contributed by atoms with Crippen molar-refractivity contribution in [2.24, 2.45) is 0 Å². The first-order chi connectivity index (χ1) is 15.0. The van der Waals surface area contributed by atoms with Gasteiger partial charge in [-0.05, 0) is 25.0 Å². The molecule has 1 aliphatic rings. The van der Waals surface area contributed by atoms with Crippen LogP contribution in [0, 0.1) is 0 Å². The van der Waals surface area contributed by atoms with Gasteiger partial charge in [-0.2, -0.15) is 4.98 Å². The van der Waals surface area contributed by atoms with E-state index in [0.29, 0.717) is 47.6 Å². The minimum Gasteiger partial charge on any atom is -0.497 e. The van der Waals surface area contributed by atoms with Gasteiger partial charge in [0.1, 0.15) is 11.5 Å². The van der Waals surface area contributed by atoms with Crippen molar-refractivity contribution in [2.75, 3.05) is 27.3 Å². The summed E-state index contributed by atoms with van der Waals surface area (Å²) in [5.74, 6) is 2.30. The van der Waals surface area contributed by atoms with Crippen molar-refractivity contribution in [3.05, 3.63) is 35.8 Å². The molecular weight excluding hydrogens is 400 g/mol. The van der Waals surface area contributed by atoms with Crippen LogP contribution in [-0.4, -0.2) is 63.3 Å². The van der Waals surface area contributed by atoms with Gasteiger partial charge in [0.05, 0.1) is 32.0 Å². The molecule has 4 rings (SSSR count). The van der Waals surface area contributed by atoms with E-state index >= 15 is 0 Å². The number of aromatic nitrogens is 5. The molecule has 0 spiro atoms. The fourth-order valence-electron chi connectivity index (χ4n) is 3.61. The topological polar surface area (TPSA) is 108 Å². The lowest BCUT2D eigenvalue weighted by Gasteiger charge is -2.32. The predicted octanol–water partition coefficient (Wildman–Crippen LogP) is 2.95. The maximum Gasteiger partial charge on any atom is 0.280 e. The molecular formula is C21H26N6O4. The quantitative estimate of drug-likeness (QED) is 0.592. The summed E-state index contributed by atoms with van der Waals surface area (Å²) in [6, 6.07) is 5.38. The molecule has 3 heterocycles. The van der Waals surface area contributed by atoms with Gasteiger partial charge in [0.15, 0.2) is 11.5 Å². The van der Waals surface area contributed by atoms with E-state index in [2.05, 4.69) is 20.5 Å². The SMILES string of the molecule is COc1ccc(C(=O)N2CCC(n3cc(-c4nc(C(C)C)no4)nn3)CC2)c(OC)c1. The Labute approximate surface area is 180 Å². The van der Waals surface area contributed by atoms with Crippen LogP contribution in [0.25, 0.3) is 11.6 Å². The maximum absolute atomic E-state index is 13.0. The maximum atomic E-state index is 13.0. The summed E-state index contributed by atoms with van der Waals surface area (Å²) in [6.45, 7) is 5.24. The van der Waals surface area contributed by atoms with E-state index in [9.17, 15) is 4.79 Å². The number of piperidine rings is 1. The number of benzene rings is 1. The van der Waals surface area contributed by atoms with E-state index in [0.717, 1.165) is 12.8 Å². The molecule has 1 fully saturated rings. The smallest absolute Gasteiger partial charge is 0.280 e. The highest BCUT2D eigenvalue weighted by molar-refractivity contribution is 5.97. The molecule has 1 aliphatic heterocycles. The molecule has 1 saturated heterocycles. The van der Waals surface area contributed by atoms with Gasteiger partial charge >= 0.3 is 0 Å². The fraction of sp³-hybridized carbons (Fsp3) is 0.476. The molecule has 0 saturated carbocycles. The molecule has 10 nitrogen and oxygen atoms in total. The third-order valence-electron chi connectivity index (χ3n) is 5.45. The summed E-state index contributed by atoms with van der Waals surface area (Å²) in [5.41, 5.74) is 1.09. The van der Waals surface area contributed by atoms with Gasteiger partial charge in [0, 0.05) is 25.1 Å². The Morgan fingerprint density at radius 3 is 2.61 bits per heavy atom. The highest BCUT2D eigenvalue weighted by Crippen LogP contribution is 2.29. The Bertz CT molecular complexity index is 1050. The number of carbonyl (C=O) groups is 1. The first-order valence-electron chi connectivity index (χ1n) is 10.3. The van der Waals surface area contributed by atoms with Gasteiger partial charge in [-0.3, -0.25) is 4.79 Å². The molecule has 2 aromatic heterocycles. The molecule has 0 bridgehead atoms. The van der Waals surface area contributed by atoms with E-state index in [1.54, 1.807) is 32.4 Å². The van der Waals surface area contributed by atoms with Gasteiger partial charge in [0.2, 0.25) is 0 Å². The molecule has 10 heteroatoms. The van der Waals surface area contributed by atoms with Crippen LogP contribution in [0.1, 0.15) is 54.8 Å². The van der Waals surface area contributed by atoms with Crippen LogP contribution < -0.4 is 9.47 Å². The summed E-state index contributed by atoms with van der Waals surface area (Å²) in [5, 5.41) is 12.4. The molecule has 1 aromatic carbocycles. The molecule has 3 aromatic rings. The van der Waals surface area contributed by atoms with Crippen molar-refractivity contribution in [2.45, 2.75) is 38.6 Å². The summed E-state index contributed by atoms with van der Waals surface area (Å²) < 4.78 is 17.7. The predicted molar refractivity (Wildman–Crippen MR) is 111 cm³/mol. The molecule has 31 heavy (non-hydrogen) atoms. The third kappa shape index (κ3) is 4.23. The zero-order valence-corrected chi connectivity index (χ0v) is 18.1. The normalized spacial score (nSPS) is 14.8. The number of hydrogen-bond acceptors (Lipinski definition) is 8. The summed E-state index contributed by atoms with van der Waals surface area (Å²) in [7, 11) is 3.13. The van der Waals surface area contributed by atoms with Crippen LogP contribution in [0.4, 0.5) is 0 Å². The summed E-state index contributed by atoms with van der Waals surface area (Å²) in [6.07, 6.45) is 3.37. The van der Waals surface area contributed by atoms with Gasteiger partial charge < -0.3 is 18.9 Å².